The first-order chi connectivity index (χ1) is 9.65. The minimum Gasteiger partial charge on any atom is -0.472 e. The van der Waals surface area contributed by atoms with E-state index in [0.717, 1.165) is 28.5 Å². The number of nitrogens with zero attached hydrogens (tertiary/aromatic N) is 1. The fraction of sp³-hybridized carbons (Fsp3) is 0.200. The number of hydrogen-bond acceptors (Lipinski definition) is 1. The molecule has 0 bridgehead atoms. The van der Waals surface area contributed by atoms with Gasteiger partial charge < -0.3 is 9.30 Å². The molecule has 2 aromatic rings. The van der Waals surface area contributed by atoms with Gasteiger partial charge in [-0.3, -0.25) is 0 Å². The lowest BCUT2D eigenvalue weighted by Gasteiger charge is -2.21. The highest BCUT2D eigenvalue weighted by Crippen LogP contribution is 2.33. The maximum Gasteiger partial charge on any atom is 0.165 e. The van der Waals surface area contributed by atoms with Gasteiger partial charge in [0, 0.05) is 15.6 Å². The van der Waals surface area contributed by atoms with Gasteiger partial charge in [0.05, 0.1) is 11.0 Å². The van der Waals surface area contributed by atoms with Gasteiger partial charge in [0.1, 0.15) is 13.6 Å². The van der Waals surface area contributed by atoms with Crippen LogP contribution in [0.1, 0.15) is 6.42 Å². The summed E-state index contributed by atoms with van der Waals surface area (Å²) in [5, 5.41) is 1.62. The molecule has 1 aromatic heterocycles. The van der Waals surface area contributed by atoms with E-state index in [9.17, 15) is 4.39 Å². The molecule has 0 radical (unpaired) electrons. The average Bonchev–Trinajstić information content (AvgIpc) is 2.72. The van der Waals surface area contributed by atoms with Crippen molar-refractivity contribution in [3.05, 3.63) is 34.6 Å². The topological polar surface area (TPSA) is 14.2 Å². The third-order valence-corrected chi connectivity index (χ3v) is 4.54. The number of benzene rings is 1. The Kier molecular flexibility index (Phi) is 2.61. The van der Waals surface area contributed by atoms with Crippen LogP contribution in [0.25, 0.3) is 23.4 Å². The molecule has 4 rings (SSSR count). The second kappa shape index (κ2) is 4.25. The summed E-state index contributed by atoms with van der Waals surface area (Å²) < 4.78 is 22.5. The first-order valence-electron chi connectivity index (χ1n) is 6.63. The maximum atomic E-state index is 14.8. The Balaban J connectivity index is 2.09. The number of ether oxygens (including phenoxy) is 1. The predicted molar refractivity (Wildman–Crippen MR) is 84.1 cm³/mol. The van der Waals surface area contributed by atoms with Gasteiger partial charge in [-0.1, -0.05) is 39.6 Å². The van der Waals surface area contributed by atoms with Gasteiger partial charge in [-0.15, -0.1) is 0 Å². The van der Waals surface area contributed by atoms with Crippen LogP contribution in [0.4, 0.5) is 4.39 Å². The van der Waals surface area contributed by atoms with E-state index in [1.165, 1.54) is 0 Å². The van der Waals surface area contributed by atoms with Crippen LogP contribution >= 0.6 is 15.9 Å². The summed E-state index contributed by atoms with van der Waals surface area (Å²) in [5.41, 5.74) is 2.60. The molecule has 0 fully saturated rings. The fourth-order valence-corrected chi connectivity index (χ4v) is 3.40. The summed E-state index contributed by atoms with van der Waals surface area (Å²) in [6, 6.07) is 5.89. The molecule has 0 saturated heterocycles. The first kappa shape index (κ1) is 12.3. The molecule has 1 unspecified atom stereocenters. The summed E-state index contributed by atoms with van der Waals surface area (Å²) in [5.74, 6) is 0.621. The van der Waals surface area contributed by atoms with Gasteiger partial charge in [0.15, 0.2) is 12.5 Å². The number of fused-ring (bicyclic) bond motifs is 5. The summed E-state index contributed by atoms with van der Waals surface area (Å²) >= 11 is 3.53. The number of rotatable bonds is 0. The van der Waals surface area contributed by atoms with Crippen molar-refractivity contribution in [1.29, 1.82) is 0 Å². The minimum absolute atomic E-state index is 0.145. The van der Waals surface area contributed by atoms with Crippen LogP contribution in [0.3, 0.4) is 0 Å². The van der Waals surface area contributed by atoms with Gasteiger partial charge in [-0.25, -0.2) is 4.39 Å². The van der Waals surface area contributed by atoms with E-state index in [1.807, 2.05) is 36.7 Å². The van der Waals surface area contributed by atoms with Crippen molar-refractivity contribution < 1.29 is 9.13 Å². The van der Waals surface area contributed by atoms with Crippen molar-refractivity contribution in [2.45, 2.75) is 18.0 Å². The molecule has 2 nitrogen and oxygen atoms in total. The van der Waals surface area contributed by atoms with Crippen LogP contribution in [0.2, 0.25) is 0 Å². The monoisotopic (exact) mass is 331 g/mol. The maximum absolute atomic E-state index is 14.8. The van der Waals surface area contributed by atoms with Crippen LogP contribution in [0.5, 0.6) is 5.75 Å². The lowest BCUT2D eigenvalue weighted by Crippen LogP contribution is -2.35. The molecule has 1 aliphatic heterocycles. The molecule has 2 heterocycles. The molecule has 20 heavy (non-hydrogen) atoms. The van der Waals surface area contributed by atoms with E-state index in [4.69, 9.17) is 4.74 Å². The molecular weight excluding hydrogens is 320 g/mol. The van der Waals surface area contributed by atoms with Crippen molar-refractivity contribution >= 4 is 41.4 Å². The third-order valence-electron chi connectivity index (χ3n) is 3.91. The molecule has 2 aliphatic rings. The number of hydrogen-bond donors (Lipinski definition) is 0. The van der Waals surface area contributed by atoms with E-state index < -0.39 is 0 Å². The molecule has 0 amide bonds. The second-order valence-corrected chi connectivity index (χ2v) is 6.46. The molecule has 1 aliphatic carbocycles. The van der Waals surface area contributed by atoms with Crippen molar-refractivity contribution in [2.24, 2.45) is 0 Å². The standard InChI is InChI=1S/C15H12BBrFNO/c16-8-1-3-10-13(5-8)20-7-19-12-4-2-9(17)6-11(12)14(18)15(10)19/h1,3-6,9H,2,7,16H2. The SMILES string of the molecule is Bc1ccc2c(c1)OCn1c-2c(F)c2c1=CCC(Br)C=2. The molecule has 0 N–H and O–H groups in total. The quantitative estimate of drug-likeness (QED) is 0.510. The normalized spacial score (nSPS) is 19.0. The highest BCUT2D eigenvalue weighted by molar-refractivity contribution is 9.09. The molecule has 5 heteroatoms. The van der Waals surface area contributed by atoms with Gasteiger partial charge in [0.25, 0.3) is 0 Å². The Morgan fingerprint density at radius 3 is 3.10 bits per heavy atom. The minimum atomic E-state index is -0.145. The molecule has 0 saturated carbocycles. The fourth-order valence-electron chi connectivity index (χ4n) is 2.95. The van der Waals surface area contributed by atoms with Gasteiger partial charge in [-0.05, 0) is 18.6 Å². The smallest absolute Gasteiger partial charge is 0.165 e. The van der Waals surface area contributed by atoms with E-state index in [-0.39, 0.29) is 10.6 Å². The Morgan fingerprint density at radius 1 is 1.40 bits per heavy atom. The van der Waals surface area contributed by atoms with Crippen molar-refractivity contribution in [2.75, 3.05) is 0 Å². The second-order valence-electron chi connectivity index (χ2n) is 5.29. The zero-order valence-corrected chi connectivity index (χ0v) is 12.6. The van der Waals surface area contributed by atoms with Crippen molar-refractivity contribution in [3.63, 3.8) is 0 Å². The lowest BCUT2D eigenvalue weighted by molar-refractivity contribution is 0.226. The molecule has 1 atom stereocenters. The van der Waals surface area contributed by atoms with Crippen LogP contribution in [-0.4, -0.2) is 17.2 Å². The Labute approximate surface area is 125 Å². The van der Waals surface area contributed by atoms with Crippen molar-refractivity contribution in [3.8, 4) is 17.0 Å². The van der Waals surface area contributed by atoms with Crippen LogP contribution in [-0.2, 0) is 6.73 Å². The lowest BCUT2D eigenvalue weighted by atomic mass is 9.93. The Hall–Kier alpha value is -1.49. The number of alkyl halides is 1. The summed E-state index contributed by atoms with van der Waals surface area (Å²) in [7, 11) is 2.01. The van der Waals surface area contributed by atoms with E-state index in [1.54, 1.807) is 0 Å². The highest BCUT2D eigenvalue weighted by Gasteiger charge is 2.25. The van der Waals surface area contributed by atoms with Gasteiger partial charge in [0.2, 0.25) is 0 Å². The third kappa shape index (κ3) is 1.62. The van der Waals surface area contributed by atoms with Crippen LogP contribution in [0, 0.1) is 5.82 Å². The first-order valence-corrected chi connectivity index (χ1v) is 7.54. The van der Waals surface area contributed by atoms with Gasteiger partial charge >= 0.3 is 0 Å². The Bertz CT molecular complexity index is 843. The van der Waals surface area contributed by atoms with E-state index in [2.05, 4.69) is 22.0 Å². The largest absolute Gasteiger partial charge is 0.472 e. The van der Waals surface area contributed by atoms with Crippen molar-refractivity contribution in [1.82, 2.24) is 4.57 Å². The number of aromatic nitrogens is 1. The summed E-state index contributed by atoms with van der Waals surface area (Å²) in [4.78, 5) is 0.201. The summed E-state index contributed by atoms with van der Waals surface area (Å²) in [6.07, 6.45) is 4.89. The molecule has 100 valence electrons. The van der Waals surface area contributed by atoms with Crippen LogP contribution in [0.15, 0.2) is 18.2 Å². The Morgan fingerprint density at radius 2 is 2.25 bits per heavy atom. The summed E-state index contributed by atoms with van der Waals surface area (Å²) in [6.45, 7) is 0.370. The van der Waals surface area contributed by atoms with Crippen LogP contribution < -0.4 is 20.8 Å². The molecule has 1 aromatic carbocycles. The number of halogens is 2. The molecule has 0 spiro atoms. The average molecular weight is 332 g/mol. The highest BCUT2D eigenvalue weighted by atomic mass is 79.9. The zero-order chi connectivity index (χ0) is 13.9. The van der Waals surface area contributed by atoms with E-state index >= 15 is 0 Å². The van der Waals surface area contributed by atoms with E-state index in [0.29, 0.717) is 17.6 Å². The predicted octanol–water partition coefficient (Wildman–Crippen LogP) is 0.631. The van der Waals surface area contributed by atoms with Gasteiger partial charge in [-0.2, -0.15) is 0 Å². The zero-order valence-electron chi connectivity index (χ0n) is 11.0. The molecular formula is C15H12BBrFNO.